The lowest BCUT2D eigenvalue weighted by Crippen LogP contribution is -2.04. The van der Waals surface area contributed by atoms with Crippen molar-refractivity contribution in [1.29, 1.82) is 0 Å². The predicted molar refractivity (Wildman–Crippen MR) is 70.9 cm³/mol. The van der Waals surface area contributed by atoms with Crippen molar-refractivity contribution >= 4 is 11.8 Å². The Balaban J connectivity index is 2.30. The van der Waals surface area contributed by atoms with Gasteiger partial charge in [0.15, 0.2) is 0 Å². The molecule has 1 aromatic carbocycles. The van der Waals surface area contributed by atoms with Gasteiger partial charge in [0.05, 0.1) is 12.2 Å². The first-order valence-corrected chi connectivity index (χ1v) is 6.01. The van der Waals surface area contributed by atoms with E-state index in [2.05, 4.69) is 4.98 Å². The summed E-state index contributed by atoms with van der Waals surface area (Å²) in [5.41, 5.74) is 1.12. The van der Waals surface area contributed by atoms with Gasteiger partial charge in [0.1, 0.15) is 6.20 Å². The number of aryl methyl sites for hydroxylation is 1. The normalized spacial score (nSPS) is 10.3. The average molecular weight is 275 g/mol. The Hall–Kier alpha value is -2.70. The fraction of sp³-hybridized carbons (Fsp3) is 0.231. The summed E-state index contributed by atoms with van der Waals surface area (Å²) in [5.74, 6) is -0.107. The third-order valence-electron chi connectivity index (χ3n) is 2.71. The maximum atomic E-state index is 11.5. The maximum Gasteiger partial charge on any atom is 0.382 e. The van der Waals surface area contributed by atoms with E-state index in [1.54, 1.807) is 42.7 Å². The topological polar surface area (TPSA) is 87.3 Å². The van der Waals surface area contributed by atoms with E-state index >= 15 is 0 Å². The highest BCUT2D eigenvalue weighted by molar-refractivity contribution is 5.89. The van der Waals surface area contributed by atoms with Crippen LogP contribution in [0.5, 0.6) is 0 Å². The number of hydrogen-bond donors (Lipinski definition) is 0. The molecule has 0 N–H and O–H groups in total. The highest BCUT2D eigenvalue weighted by atomic mass is 16.6. The number of nitrogens with zero attached hydrogens (tertiary/aromatic N) is 3. The van der Waals surface area contributed by atoms with Crippen molar-refractivity contribution in [2.45, 2.75) is 13.8 Å². The van der Waals surface area contributed by atoms with Crippen LogP contribution in [0, 0.1) is 17.0 Å². The van der Waals surface area contributed by atoms with E-state index in [4.69, 9.17) is 4.74 Å². The molecule has 0 radical (unpaired) electrons. The second kappa shape index (κ2) is 5.52. The first kappa shape index (κ1) is 13.7. The van der Waals surface area contributed by atoms with Crippen LogP contribution in [0.2, 0.25) is 0 Å². The minimum absolute atomic E-state index is 0.211. The molecule has 7 nitrogen and oxygen atoms in total. The third kappa shape index (κ3) is 2.66. The van der Waals surface area contributed by atoms with E-state index in [-0.39, 0.29) is 5.82 Å². The van der Waals surface area contributed by atoms with Crippen molar-refractivity contribution in [3.05, 3.63) is 52.0 Å². The summed E-state index contributed by atoms with van der Waals surface area (Å²) in [6, 6.07) is 6.59. The highest BCUT2D eigenvalue weighted by Gasteiger charge is 2.16. The Bertz CT molecular complexity index is 646. The number of hydrogen-bond acceptors (Lipinski definition) is 5. The molecule has 0 aliphatic carbocycles. The summed E-state index contributed by atoms with van der Waals surface area (Å²) in [6.07, 6.45) is 1.34. The van der Waals surface area contributed by atoms with Crippen molar-refractivity contribution in [2.75, 3.05) is 6.61 Å². The molecule has 20 heavy (non-hydrogen) atoms. The van der Waals surface area contributed by atoms with E-state index in [1.807, 2.05) is 0 Å². The number of imidazole rings is 1. The van der Waals surface area contributed by atoms with E-state index in [0.29, 0.717) is 23.7 Å². The molecule has 0 atom stereocenters. The minimum Gasteiger partial charge on any atom is -0.462 e. The molecule has 0 fully saturated rings. The lowest BCUT2D eigenvalue weighted by Gasteiger charge is -2.04. The smallest absolute Gasteiger partial charge is 0.382 e. The fourth-order valence-corrected chi connectivity index (χ4v) is 1.78. The molecule has 1 aromatic heterocycles. The maximum absolute atomic E-state index is 11.5. The molecule has 2 rings (SSSR count). The van der Waals surface area contributed by atoms with Crippen molar-refractivity contribution < 1.29 is 14.5 Å². The summed E-state index contributed by atoms with van der Waals surface area (Å²) < 4.78 is 6.48. The summed E-state index contributed by atoms with van der Waals surface area (Å²) in [6.45, 7) is 3.72. The van der Waals surface area contributed by atoms with Crippen LogP contribution in [-0.4, -0.2) is 27.1 Å². The number of ether oxygens (including phenoxy) is 1. The number of aromatic nitrogens is 2. The van der Waals surface area contributed by atoms with Crippen molar-refractivity contribution in [3.8, 4) is 5.69 Å². The molecule has 0 amide bonds. The number of nitro groups is 1. The van der Waals surface area contributed by atoms with Crippen LogP contribution < -0.4 is 0 Å². The van der Waals surface area contributed by atoms with Crippen molar-refractivity contribution in [3.63, 3.8) is 0 Å². The number of rotatable bonds is 4. The van der Waals surface area contributed by atoms with Crippen molar-refractivity contribution in [2.24, 2.45) is 0 Å². The Morgan fingerprint density at radius 3 is 2.55 bits per heavy atom. The van der Waals surface area contributed by atoms with Crippen LogP contribution in [0.3, 0.4) is 0 Å². The molecule has 0 saturated carbocycles. The van der Waals surface area contributed by atoms with Crippen LogP contribution in [0.1, 0.15) is 23.1 Å². The Morgan fingerprint density at radius 2 is 2.05 bits per heavy atom. The van der Waals surface area contributed by atoms with E-state index < -0.39 is 10.9 Å². The van der Waals surface area contributed by atoms with Gasteiger partial charge in [-0.05, 0) is 41.1 Å². The van der Waals surface area contributed by atoms with E-state index in [0.717, 1.165) is 0 Å². The molecule has 104 valence electrons. The molecule has 0 aliphatic rings. The van der Waals surface area contributed by atoms with Gasteiger partial charge in [-0.15, -0.1) is 0 Å². The van der Waals surface area contributed by atoms with Gasteiger partial charge in [0.25, 0.3) is 0 Å². The summed E-state index contributed by atoms with van der Waals surface area (Å²) in [7, 11) is 0. The van der Waals surface area contributed by atoms with Crippen LogP contribution in [0.4, 0.5) is 5.82 Å². The standard InChI is InChI=1S/C13H13N3O4/c1-3-20-13(17)10-4-6-11(7-5-10)15-8-12(16(18)19)14-9(15)2/h4-8H,3H2,1-2H3. The Labute approximate surface area is 115 Å². The molecular weight excluding hydrogens is 262 g/mol. The summed E-state index contributed by atoms with van der Waals surface area (Å²) in [5, 5.41) is 10.7. The number of esters is 1. The van der Waals surface area contributed by atoms with Gasteiger partial charge in [-0.25, -0.2) is 4.79 Å². The molecule has 1 heterocycles. The van der Waals surface area contributed by atoms with Gasteiger partial charge in [-0.2, -0.15) is 0 Å². The predicted octanol–water partition coefficient (Wildman–Crippen LogP) is 2.27. The monoisotopic (exact) mass is 275 g/mol. The molecule has 0 spiro atoms. The van der Waals surface area contributed by atoms with Crippen LogP contribution in [0.25, 0.3) is 5.69 Å². The molecule has 0 saturated heterocycles. The zero-order valence-corrected chi connectivity index (χ0v) is 11.1. The second-order valence-corrected chi connectivity index (χ2v) is 4.04. The Kier molecular flexibility index (Phi) is 3.79. The summed E-state index contributed by atoms with van der Waals surface area (Å²) in [4.78, 5) is 25.5. The number of benzene rings is 1. The van der Waals surface area contributed by atoms with Gasteiger partial charge >= 0.3 is 11.8 Å². The zero-order valence-electron chi connectivity index (χ0n) is 11.1. The van der Waals surface area contributed by atoms with Crippen LogP contribution in [-0.2, 0) is 4.74 Å². The van der Waals surface area contributed by atoms with E-state index in [1.165, 1.54) is 6.20 Å². The lowest BCUT2D eigenvalue weighted by atomic mass is 10.2. The molecule has 2 aromatic rings. The molecule has 0 bridgehead atoms. The Morgan fingerprint density at radius 1 is 1.40 bits per heavy atom. The first-order chi connectivity index (χ1) is 9.52. The largest absolute Gasteiger partial charge is 0.462 e. The zero-order chi connectivity index (χ0) is 14.7. The van der Waals surface area contributed by atoms with Crippen LogP contribution >= 0.6 is 0 Å². The highest BCUT2D eigenvalue weighted by Crippen LogP contribution is 2.17. The van der Waals surface area contributed by atoms with Gasteiger partial charge in [-0.3, -0.25) is 4.57 Å². The van der Waals surface area contributed by atoms with Gasteiger partial charge in [-0.1, -0.05) is 0 Å². The SMILES string of the molecule is CCOC(=O)c1ccc(-n2cc([N+](=O)[O-])nc2C)cc1. The minimum atomic E-state index is -0.545. The quantitative estimate of drug-likeness (QED) is 0.485. The molecular formula is C13H13N3O4. The second-order valence-electron chi connectivity index (χ2n) is 4.04. The lowest BCUT2D eigenvalue weighted by molar-refractivity contribution is -0.389. The number of carbonyl (C=O) groups excluding carboxylic acids is 1. The van der Waals surface area contributed by atoms with Gasteiger partial charge in [0, 0.05) is 12.6 Å². The first-order valence-electron chi connectivity index (χ1n) is 6.01. The average Bonchev–Trinajstić information content (AvgIpc) is 2.81. The molecule has 0 aliphatic heterocycles. The van der Waals surface area contributed by atoms with Gasteiger partial charge < -0.3 is 14.9 Å². The third-order valence-corrected chi connectivity index (χ3v) is 2.71. The van der Waals surface area contributed by atoms with Gasteiger partial charge in [0.2, 0.25) is 5.82 Å². The van der Waals surface area contributed by atoms with Crippen LogP contribution in [0.15, 0.2) is 30.5 Å². The fourth-order valence-electron chi connectivity index (χ4n) is 1.78. The molecule has 7 heteroatoms. The van der Waals surface area contributed by atoms with E-state index in [9.17, 15) is 14.9 Å². The van der Waals surface area contributed by atoms with Crippen molar-refractivity contribution in [1.82, 2.24) is 9.55 Å². The number of carbonyl (C=O) groups is 1. The molecule has 0 unspecified atom stereocenters. The summed E-state index contributed by atoms with van der Waals surface area (Å²) >= 11 is 0.